The summed E-state index contributed by atoms with van der Waals surface area (Å²) in [5.74, 6) is 0. The number of hydrogen-bond donors (Lipinski definition) is 1. The molecule has 0 saturated carbocycles. The summed E-state index contributed by atoms with van der Waals surface area (Å²) in [6.45, 7) is 0. The van der Waals surface area contributed by atoms with E-state index in [4.69, 9.17) is 0 Å². The van der Waals surface area contributed by atoms with Gasteiger partial charge in [0.1, 0.15) is 0 Å². The Balaban J connectivity index is 1.99. The maximum absolute atomic E-state index is 9.88. The van der Waals surface area contributed by atoms with Gasteiger partial charge in [-0.2, -0.15) is 0 Å². The zero-order chi connectivity index (χ0) is 9.80. The normalized spacial score (nSPS) is 17.9. The zero-order valence-electron chi connectivity index (χ0n) is 8.19. The molecule has 2 heteroatoms. The average Bonchev–Trinajstić information content (AvgIpc) is 2.72. The summed E-state index contributed by atoms with van der Waals surface area (Å²) in [5, 5.41) is 9.88. The molecule has 0 amide bonds. The number of aliphatic hydroxyl groups is 1. The lowest BCUT2D eigenvalue weighted by atomic mass is 10.1. The molecule has 1 heterocycles. The molecule has 0 fully saturated rings. The van der Waals surface area contributed by atoms with Crippen LogP contribution in [0.5, 0.6) is 0 Å². The van der Waals surface area contributed by atoms with Crippen molar-refractivity contribution in [1.29, 1.82) is 0 Å². The van der Waals surface area contributed by atoms with E-state index in [0.717, 1.165) is 18.5 Å². The molecular weight excluding hydrogens is 174 g/mol. The van der Waals surface area contributed by atoms with Crippen LogP contribution in [-0.2, 0) is 0 Å². The van der Waals surface area contributed by atoms with Crippen LogP contribution in [0, 0.1) is 0 Å². The minimum Gasteiger partial charge on any atom is -0.386 e. The van der Waals surface area contributed by atoms with Gasteiger partial charge >= 0.3 is 0 Å². The quantitative estimate of drug-likeness (QED) is 0.741. The average molecular weight is 189 g/mol. The van der Waals surface area contributed by atoms with Crippen molar-refractivity contribution in [2.45, 2.75) is 31.8 Å². The van der Waals surface area contributed by atoms with E-state index in [9.17, 15) is 5.11 Å². The van der Waals surface area contributed by atoms with Crippen LogP contribution in [0.1, 0.15) is 37.5 Å². The van der Waals surface area contributed by atoms with Gasteiger partial charge in [-0.1, -0.05) is 17.7 Å². The Morgan fingerprint density at radius 1 is 1.43 bits per heavy atom. The Bertz CT molecular complexity index is 318. The van der Waals surface area contributed by atoms with Crippen LogP contribution >= 0.6 is 0 Å². The number of hydrogen-bond acceptors (Lipinski definition) is 2. The third-order valence-electron chi connectivity index (χ3n) is 2.62. The fourth-order valence-corrected chi connectivity index (χ4v) is 1.85. The summed E-state index contributed by atoms with van der Waals surface area (Å²) in [6, 6.07) is 5.65. The second-order valence-electron chi connectivity index (χ2n) is 3.73. The summed E-state index contributed by atoms with van der Waals surface area (Å²) in [5.41, 5.74) is 2.16. The molecule has 0 aliphatic heterocycles. The van der Waals surface area contributed by atoms with Gasteiger partial charge in [-0.3, -0.25) is 4.98 Å². The summed E-state index contributed by atoms with van der Waals surface area (Å²) < 4.78 is 0. The van der Waals surface area contributed by atoms with Crippen molar-refractivity contribution in [3.8, 4) is 0 Å². The summed E-state index contributed by atoms with van der Waals surface area (Å²) in [6.07, 6.45) is 7.84. The predicted octanol–water partition coefficient (Wildman–Crippen LogP) is 2.62. The summed E-state index contributed by atoms with van der Waals surface area (Å²) >= 11 is 0. The highest BCUT2D eigenvalue weighted by atomic mass is 16.3. The number of allylic oxidation sites excluding steroid dienone is 1. The Labute approximate surface area is 84.3 Å². The van der Waals surface area contributed by atoms with Crippen molar-refractivity contribution in [1.82, 2.24) is 4.98 Å². The number of rotatable bonds is 3. The first-order valence-electron chi connectivity index (χ1n) is 5.13. The Hall–Kier alpha value is -1.15. The van der Waals surface area contributed by atoms with E-state index in [1.54, 1.807) is 6.20 Å². The first-order chi connectivity index (χ1) is 6.86. The minimum atomic E-state index is -0.430. The SMILES string of the molecule is O[C@H](CC1=CCCC1)c1ccccn1. The molecule has 1 atom stereocenters. The van der Waals surface area contributed by atoms with E-state index in [1.165, 1.54) is 18.4 Å². The molecule has 2 nitrogen and oxygen atoms in total. The van der Waals surface area contributed by atoms with Crippen LogP contribution < -0.4 is 0 Å². The Morgan fingerprint density at radius 3 is 3.00 bits per heavy atom. The predicted molar refractivity (Wildman–Crippen MR) is 55.7 cm³/mol. The fourth-order valence-electron chi connectivity index (χ4n) is 1.85. The van der Waals surface area contributed by atoms with Crippen molar-refractivity contribution in [3.05, 3.63) is 41.7 Å². The van der Waals surface area contributed by atoms with Crippen LogP contribution in [0.15, 0.2) is 36.0 Å². The maximum Gasteiger partial charge on any atom is 0.0996 e. The van der Waals surface area contributed by atoms with Crippen molar-refractivity contribution in [3.63, 3.8) is 0 Å². The van der Waals surface area contributed by atoms with Crippen molar-refractivity contribution in [2.24, 2.45) is 0 Å². The number of aliphatic hydroxyl groups excluding tert-OH is 1. The number of pyridine rings is 1. The van der Waals surface area contributed by atoms with Gasteiger partial charge in [-0.05, 0) is 37.8 Å². The number of nitrogens with zero attached hydrogens (tertiary/aromatic N) is 1. The first kappa shape index (κ1) is 9.41. The Kier molecular flexibility index (Phi) is 2.94. The molecule has 14 heavy (non-hydrogen) atoms. The molecule has 74 valence electrons. The molecule has 0 saturated heterocycles. The fraction of sp³-hybridized carbons (Fsp3) is 0.417. The van der Waals surface area contributed by atoms with Crippen LogP contribution in [0.25, 0.3) is 0 Å². The second kappa shape index (κ2) is 4.38. The monoisotopic (exact) mass is 189 g/mol. The van der Waals surface area contributed by atoms with Gasteiger partial charge in [0.15, 0.2) is 0 Å². The molecule has 1 N–H and O–H groups in total. The molecule has 0 bridgehead atoms. The molecular formula is C12H15NO. The molecule has 1 aromatic rings. The van der Waals surface area contributed by atoms with E-state index < -0.39 is 6.10 Å². The maximum atomic E-state index is 9.88. The van der Waals surface area contributed by atoms with Gasteiger partial charge in [0.05, 0.1) is 11.8 Å². The van der Waals surface area contributed by atoms with Gasteiger partial charge in [0, 0.05) is 6.20 Å². The van der Waals surface area contributed by atoms with E-state index in [-0.39, 0.29) is 0 Å². The van der Waals surface area contributed by atoms with Crippen molar-refractivity contribution in [2.75, 3.05) is 0 Å². The highest BCUT2D eigenvalue weighted by Crippen LogP contribution is 2.26. The van der Waals surface area contributed by atoms with E-state index in [1.807, 2.05) is 18.2 Å². The van der Waals surface area contributed by atoms with Gasteiger partial charge in [0.25, 0.3) is 0 Å². The minimum absolute atomic E-state index is 0.430. The third kappa shape index (κ3) is 2.20. The van der Waals surface area contributed by atoms with E-state index in [0.29, 0.717) is 0 Å². The van der Waals surface area contributed by atoms with Crippen LogP contribution in [0.4, 0.5) is 0 Å². The molecule has 0 spiro atoms. The molecule has 2 rings (SSSR count). The molecule has 0 aromatic carbocycles. The smallest absolute Gasteiger partial charge is 0.0996 e. The highest BCUT2D eigenvalue weighted by molar-refractivity contribution is 5.14. The molecule has 1 aliphatic carbocycles. The van der Waals surface area contributed by atoms with Gasteiger partial charge in [0.2, 0.25) is 0 Å². The molecule has 1 aliphatic rings. The van der Waals surface area contributed by atoms with Crippen LogP contribution in [0.3, 0.4) is 0 Å². The van der Waals surface area contributed by atoms with Crippen molar-refractivity contribution >= 4 is 0 Å². The van der Waals surface area contributed by atoms with E-state index in [2.05, 4.69) is 11.1 Å². The van der Waals surface area contributed by atoms with Gasteiger partial charge in [-0.25, -0.2) is 0 Å². The Morgan fingerprint density at radius 2 is 2.36 bits per heavy atom. The summed E-state index contributed by atoms with van der Waals surface area (Å²) in [7, 11) is 0. The lowest BCUT2D eigenvalue weighted by Crippen LogP contribution is -2.00. The lowest BCUT2D eigenvalue weighted by Gasteiger charge is -2.10. The van der Waals surface area contributed by atoms with Crippen molar-refractivity contribution < 1.29 is 5.11 Å². The van der Waals surface area contributed by atoms with Crippen LogP contribution in [-0.4, -0.2) is 10.1 Å². The van der Waals surface area contributed by atoms with E-state index >= 15 is 0 Å². The molecule has 0 unspecified atom stereocenters. The molecule has 1 aromatic heterocycles. The summed E-state index contributed by atoms with van der Waals surface area (Å²) in [4.78, 5) is 4.14. The van der Waals surface area contributed by atoms with Gasteiger partial charge in [-0.15, -0.1) is 0 Å². The lowest BCUT2D eigenvalue weighted by molar-refractivity contribution is 0.172. The standard InChI is InChI=1S/C12H15NO/c14-12(9-10-5-1-2-6-10)11-7-3-4-8-13-11/h3-5,7-8,12,14H,1-2,6,9H2/t12-/m1/s1. The second-order valence-corrected chi connectivity index (χ2v) is 3.73. The third-order valence-corrected chi connectivity index (χ3v) is 2.62. The zero-order valence-corrected chi connectivity index (χ0v) is 8.19. The number of aromatic nitrogens is 1. The topological polar surface area (TPSA) is 33.1 Å². The first-order valence-corrected chi connectivity index (χ1v) is 5.13. The highest BCUT2D eigenvalue weighted by Gasteiger charge is 2.13. The largest absolute Gasteiger partial charge is 0.386 e. The molecule has 0 radical (unpaired) electrons. The van der Waals surface area contributed by atoms with Crippen LogP contribution in [0.2, 0.25) is 0 Å². The van der Waals surface area contributed by atoms with Gasteiger partial charge < -0.3 is 5.11 Å².